The molecule has 0 amide bonds. The molecule has 0 radical (unpaired) electrons. The summed E-state index contributed by atoms with van der Waals surface area (Å²) in [6.45, 7) is 5.49. The summed E-state index contributed by atoms with van der Waals surface area (Å²) in [6, 6.07) is 5.38. The Kier molecular flexibility index (Phi) is 6.27. The number of nitrogens with one attached hydrogen (secondary N) is 1. The maximum atomic E-state index is 12.8. The van der Waals surface area contributed by atoms with Crippen molar-refractivity contribution >= 4 is 20.0 Å². The normalized spacial score (nSPS) is 26.1. The van der Waals surface area contributed by atoms with Gasteiger partial charge in [0.15, 0.2) is 0 Å². The lowest BCUT2D eigenvalue weighted by molar-refractivity contribution is 0.0730. The van der Waals surface area contributed by atoms with E-state index in [1.54, 1.807) is 0 Å². The summed E-state index contributed by atoms with van der Waals surface area (Å²) in [5.41, 5.74) is 0. The number of morpholine rings is 1. The first-order valence-corrected chi connectivity index (χ1v) is 12.3. The molecule has 1 heterocycles. The number of sulfonamides is 2. The van der Waals surface area contributed by atoms with E-state index in [0.29, 0.717) is 26.3 Å². The zero-order valence-corrected chi connectivity index (χ0v) is 17.4. The average Bonchev–Trinajstić information content (AvgIpc) is 2.66. The summed E-state index contributed by atoms with van der Waals surface area (Å²) >= 11 is 0. The number of ether oxygens (including phenoxy) is 1. The second-order valence-corrected chi connectivity index (χ2v) is 11.2. The molecule has 0 unspecified atom stereocenters. The first-order chi connectivity index (χ1) is 12.7. The molecule has 9 heteroatoms. The van der Waals surface area contributed by atoms with E-state index >= 15 is 0 Å². The van der Waals surface area contributed by atoms with Crippen LogP contribution in [0.15, 0.2) is 34.1 Å². The van der Waals surface area contributed by atoms with Crippen LogP contribution in [0.3, 0.4) is 0 Å². The summed E-state index contributed by atoms with van der Waals surface area (Å²) in [5.74, 6) is 0.564. The second kappa shape index (κ2) is 8.16. The van der Waals surface area contributed by atoms with Gasteiger partial charge in [-0.25, -0.2) is 21.6 Å². The summed E-state index contributed by atoms with van der Waals surface area (Å²) in [7, 11) is -7.32. The third kappa shape index (κ3) is 4.54. The van der Waals surface area contributed by atoms with Gasteiger partial charge in [0.1, 0.15) is 0 Å². The molecule has 27 heavy (non-hydrogen) atoms. The molecule has 1 aliphatic carbocycles. The van der Waals surface area contributed by atoms with Gasteiger partial charge in [0.2, 0.25) is 20.0 Å². The summed E-state index contributed by atoms with van der Waals surface area (Å²) in [5, 5.41) is 0. The highest BCUT2D eigenvalue weighted by atomic mass is 32.2. The fraction of sp³-hybridized carbons (Fsp3) is 0.667. The van der Waals surface area contributed by atoms with Gasteiger partial charge in [0.05, 0.1) is 23.0 Å². The van der Waals surface area contributed by atoms with E-state index in [9.17, 15) is 16.8 Å². The van der Waals surface area contributed by atoms with Crippen molar-refractivity contribution < 1.29 is 21.6 Å². The molecule has 0 bridgehead atoms. The molecule has 1 saturated heterocycles. The minimum Gasteiger partial charge on any atom is -0.379 e. The standard InChI is InChI=1S/C18H28N2O5S2/c1-14-4-3-5-15(2)18(14)19-26(21,22)16-6-8-17(9-7-16)27(23,24)20-10-12-25-13-11-20/h6-9,14-15,18-19H,3-5,10-13H2,1-2H3/t14-,15-/m0/s1. The second-order valence-electron chi connectivity index (χ2n) is 7.52. The fourth-order valence-electron chi connectivity index (χ4n) is 3.89. The van der Waals surface area contributed by atoms with Crippen molar-refractivity contribution in [3.8, 4) is 0 Å². The summed E-state index contributed by atoms with van der Waals surface area (Å²) in [6.07, 6.45) is 3.14. The zero-order chi connectivity index (χ0) is 19.7. The molecule has 2 fully saturated rings. The van der Waals surface area contributed by atoms with Crippen molar-refractivity contribution in [2.75, 3.05) is 26.3 Å². The quantitative estimate of drug-likeness (QED) is 0.790. The van der Waals surface area contributed by atoms with Crippen molar-refractivity contribution in [3.63, 3.8) is 0 Å². The topological polar surface area (TPSA) is 92.8 Å². The molecule has 2 aliphatic rings. The van der Waals surface area contributed by atoms with Crippen LogP contribution < -0.4 is 4.72 Å². The highest BCUT2D eigenvalue weighted by Crippen LogP contribution is 2.30. The lowest BCUT2D eigenvalue weighted by Gasteiger charge is -2.34. The molecular weight excluding hydrogens is 388 g/mol. The molecule has 1 N–H and O–H groups in total. The zero-order valence-electron chi connectivity index (χ0n) is 15.8. The largest absolute Gasteiger partial charge is 0.379 e. The first kappa shape index (κ1) is 20.7. The van der Waals surface area contributed by atoms with E-state index in [1.165, 1.54) is 28.6 Å². The van der Waals surface area contributed by atoms with Crippen molar-refractivity contribution in [2.45, 2.75) is 48.9 Å². The number of hydrogen-bond donors (Lipinski definition) is 1. The van der Waals surface area contributed by atoms with Crippen LogP contribution in [-0.4, -0.2) is 53.5 Å². The minimum atomic E-state index is -3.69. The monoisotopic (exact) mass is 416 g/mol. The minimum absolute atomic E-state index is 0.0911. The van der Waals surface area contributed by atoms with Gasteiger partial charge in [-0.3, -0.25) is 0 Å². The first-order valence-electron chi connectivity index (χ1n) is 9.42. The Bertz CT molecular complexity index is 836. The van der Waals surface area contributed by atoms with Gasteiger partial charge in [-0.1, -0.05) is 20.3 Å². The molecule has 152 valence electrons. The predicted octanol–water partition coefficient (Wildman–Crippen LogP) is 1.81. The van der Waals surface area contributed by atoms with Gasteiger partial charge in [-0.2, -0.15) is 4.31 Å². The van der Waals surface area contributed by atoms with E-state index in [2.05, 4.69) is 18.6 Å². The lowest BCUT2D eigenvalue weighted by Crippen LogP contribution is -2.45. The van der Waals surface area contributed by atoms with Gasteiger partial charge < -0.3 is 4.74 Å². The van der Waals surface area contributed by atoms with Gasteiger partial charge in [0.25, 0.3) is 0 Å². The van der Waals surface area contributed by atoms with Gasteiger partial charge in [-0.05, 0) is 48.9 Å². The van der Waals surface area contributed by atoms with Gasteiger partial charge >= 0.3 is 0 Å². The molecular formula is C18H28N2O5S2. The average molecular weight is 417 g/mol. The Morgan fingerprint density at radius 2 is 1.44 bits per heavy atom. The SMILES string of the molecule is C[C@H]1CCC[C@H](C)C1NS(=O)(=O)c1ccc(S(=O)(=O)N2CCOCC2)cc1. The molecule has 1 aromatic rings. The van der Waals surface area contributed by atoms with E-state index < -0.39 is 20.0 Å². The molecule has 1 aliphatic heterocycles. The Morgan fingerprint density at radius 3 is 2.00 bits per heavy atom. The molecule has 0 spiro atoms. The summed E-state index contributed by atoms with van der Waals surface area (Å²) in [4.78, 5) is 0.191. The third-order valence-corrected chi connectivity index (χ3v) is 8.97. The van der Waals surface area contributed by atoms with Crippen LogP contribution in [0.2, 0.25) is 0 Å². The molecule has 0 aromatic heterocycles. The predicted molar refractivity (Wildman–Crippen MR) is 102 cm³/mol. The van der Waals surface area contributed by atoms with E-state index in [-0.39, 0.29) is 27.7 Å². The third-order valence-electron chi connectivity index (χ3n) is 5.58. The lowest BCUT2D eigenvalue weighted by atomic mass is 9.79. The van der Waals surface area contributed by atoms with Crippen molar-refractivity contribution in [1.29, 1.82) is 0 Å². The molecule has 2 atom stereocenters. The van der Waals surface area contributed by atoms with Crippen LogP contribution in [0.25, 0.3) is 0 Å². The van der Waals surface area contributed by atoms with E-state index in [0.717, 1.165) is 19.3 Å². The Hall–Kier alpha value is -1.00. The summed E-state index contributed by atoms with van der Waals surface area (Å²) < 4.78 is 60.2. The van der Waals surface area contributed by atoms with Crippen LogP contribution in [-0.2, 0) is 24.8 Å². The van der Waals surface area contributed by atoms with Crippen LogP contribution in [0.5, 0.6) is 0 Å². The van der Waals surface area contributed by atoms with Crippen LogP contribution in [0.4, 0.5) is 0 Å². The van der Waals surface area contributed by atoms with Crippen molar-refractivity contribution in [3.05, 3.63) is 24.3 Å². The van der Waals surface area contributed by atoms with E-state index in [1.807, 2.05) is 0 Å². The number of hydrogen-bond acceptors (Lipinski definition) is 5. The maximum Gasteiger partial charge on any atom is 0.243 e. The van der Waals surface area contributed by atoms with Crippen LogP contribution in [0, 0.1) is 11.8 Å². The van der Waals surface area contributed by atoms with Gasteiger partial charge in [-0.15, -0.1) is 0 Å². The van der Waals surface area contributed by atoms with Gasteiger partial charge in [0, 0.05) is 19.1 Å². The van der Waals surface area contributed by atoms with Crippen molar-refractivity contribution in [2.24, 2.45) is 11.8 Å². The molecule has 1 aromatic carbocycles. The molecule has 3 rings (SSSR count). The number of rotatable bonds is 5. The highest BCUT2D eigenvalue weighted by Gasteiger charge is 2.32. The maximum absolute atomic E-state index is 12.8. The number of nitrogens with zero attached hydrogens (tertiary/aromatic N) is 1. The fourth-order valence-corrected chi connectivity index (χ4v) is 6.75. The van der Waals surface area contributed by atoms with E-state index in [4.69, 9.17) is 4.74 Å². The Labute approximate surface area is 162 Å². The molecule has 7 nitrogen and oxygen atoms in total. The number of benzene rings is 1. The highest BCUT2D eigenvalue weighted by molar-refractivity contribution is 7.89. The van der Waals surface area contributed by atoms with Crippen LogP contribution >= 0.6 is 0 Å². The Morgan fingerprint density at radius 1 is 0.926 bits per heavy atom. The van der Waals surface area contributed by atoms with Crippen LogP contribution in [0.1, 0.15) is 33.1 Å². The molecule has 1 saturated carbocycles. The van der Waals surface area contributed by atoms with Crippen molar-refractivity contribution in [1.82, 2.24) is 9.03 Å². The Balaban J connectivity index is 1.77. The smallest absolute Gasteiger partial charge is 0.243 e.